The van der Waals surface area contributed by atoms with E-state index in [-0.39, 0.29) is 12.1 Å². The number of aromatic nitrogens is 3. The highest BCUT2D eigenvalue weighted by molar-refractivity contribution is 5.77. The summed E-state index contributed by atoms with van der Waals surface area (Å²) >= 11 is 0. The van der Waals surface area contributed by atoms with Crippen molar-refractivity contribution in [1.29, 1.82) is 0 Å². The number of amides is 2. The number of imidazole rings is 1. The van der Waals surface area contributed by atoms with Crippen molar-refractivity contribution < 1.29 is 4.79 Å². The second-order valence-electron chi connectivity index (χ2n) is 6.53. The highest BCUT2D eigenvalue weighted by atomic mass is 16.2. The Balaban J connectivity index is 1.56. The van der Waals surface area contributed by atoms with Gasteiger partial charge in [0, 0.05) is 19.3 Å². The molecule has 1 aliphatic heterocycles. The molecular formula is C20H23N5O. The van der Waals surface area contributed by atoms with Crippen LogP contribution in [0.4, 0.5) is 4.79 Å². The van der Waals surface area contributed by atoms with E-state index in [1.807, 2.05) is 41.3 Å². The van der Waals surface area contributed by atoms with Crippen molar-refractivity contribution >= 4 is 17.1 Å². The van der Waals surface area contributed by atoms with Gasteiger partial charge in [0.25, 0.3) is 0 Å². The molecule has 6 heteroatoms. The van der Waals surface area contributed by atoms with E-state index in [0.717, 1.165) is 48.5 Å². The number of urea groups is 1. The summed E-state index contributed by atoms with van der Waals surface area (Å²) in [4.78, 5) is 23.8. The zero-order chi connectivity index (χ0) is 17.9. The molecule has 26 heavy (non-hydrogen) atoms. The number of aryl methyl sites for hydroxylation is 1. The lowest BCUT2D eigenvalue weighted by Crippen LogP contribution is -2.40. The largest absolute Gasteiger partial charge is 0.332 e. The van der Waals surface area contributed by atoms with Crippen LogP contribution in [0.3, 0.4) is 0 Å². The number of carbonyl (C=O) groups excluding carboxylic acids is 1. The molecule has 3 heterocycles. The van der Waals surface area contributed by atoms with E-state index in [1.54, 1.807) is 6.20 Å². The van der Waals surface area contributed by atoms with Gasteiger partial charge in [-0.1, -0.05) is 18.2 Å². The molecule has 1 N–H and O–H groups in total. The van der Waals surface area contributed by atoms with E-state index in [4.69, 9.17) is 4.98 Å². The second-order valence-corrected chi connectivity index (χ2v) is 6.53. The molecule has 3 aromatic rings. The smallest absolute Gasteiger partial charge is 0.318 e. The van der Waals surface area contributed by atoms with Crippen LogP contribution in [0.25, 0.3) is 11.0 Å². The number of rotatable bonds is 4. The molecule has 0 spiro atoms. The average Bonchev–Trinajstić information content (AvgIpc) is 3.31. The van der Waals surface area contributed by atoms with Crippen LogP contribution in [-0.4, -0.2) is 32.0 Å². The molecule has 1 aromatic carbocycles. The van der Waals surface area contributed by atoms with Crippen LogP contribution >= 0.6 is 0 Å². The molecule has 1 aliphatic rings. The molecule has 0 aliphatic carbocycles. The third-order valence-corrected chi connectivity index (χ3v) is 4.96. The minimum Gasteiger partial charge on any atom is -0.332 e. The predicted octanol–water partition coefficient (Wildman–Crippen LogP) is 3.50. The topological polar surface area (TPSA) is 63.1 Å². The number of fused-ring (bicyclic) bond motifs is 1. The summed E-state index contributed by atoms with van der Waals surface area (Å²) in [5.41, 5.74) is 2.98. The molecule has 4 rings (SSSR count). The van der Waals surface area contributed by atoms with Crippen molar-refractivity contribution in [2.24, 2.45) is 0 Å². The maximum absolute atomic E-state index is 12.8. The Morgan fingerprint density at radius 2 is 2.08 bits per heavy atom. The van der Waals surface area contributed by atoms with Crippen molar-refractivity contribution in [3.05, 3.63) is 60.2 Å². The van der Waals surface area contributed by atoms with Gasteiger partial charge in [-0.15, -0.1) is 0 Å². The van der Waals surface area contributed by atoms with E-state index >= 15 is 0 Å². The zero-order valence-electron chi connectivity index (χ0n) is 14.9. The first-order valence-electron chi connectivity index (χ1n) is 9.17. The summed E-state index contributed by atoms with van der Waals surface area (Å²) in [6.45, 7) is 4.16. The van der Waals surface area contributed by atoms with E-state index in [0.29, 0.717) is 6.54 Å². The summed E-state index contributed by atoms with van der Waals surface area (Å²) in [5, 5.41) is 3.00. The van der Waals surface area contributed by atoms with Gasteiger partial charge in [-0.05, 0) is 44.0 Å². The molecule has 0 radical (unpaired) electrons. The van der Waals surface area contributed by atoms with Crippen molar-refractivity contribution in [2.45, 2.75) is 38.9 Å². The fourth-order valence-electron chi connectivity index (χ4n) is 3.73. The highest BCUT2D eigenvalue weighted by Crippen LogP contribution is 2.33. The lowest BCUT2D eigenvalue weighted by atomic mass is 10.2. The number of benzene rings is 1. The predicted molar refractivity (Wildman–Crippen MR) is 101 cm³/mol. The Kier molecular flexibility index (Phi) is 4.56. The van der Waals surface area contributed by atoms with Gasteiger partial charge in [0.2, 0.25) is 0 Å². The molecule has 2 amide bonds. The third kappa shape index (κ3) is 3.03. The van der Waals surface area contributed by atoms with Crippen molar-refractivity contribution in [3.8, 4) is 0 Å². The lowest BCUT2D eigenvalue weighted by molar-refractivity contribution is 0.189. The van der Waals surface area contributed by atoms with E-state index in [2.05, 4.69) is 27.9 Å². The number of carbonyl (C=O) groups is 1. The van der Waals surface area contributed by atoms with Gasteiger partial charge in [0.05, 0.1) is 29.3 Å². The van der Waals surface area contributed by atoms with Crippen LogP contribution in [0.15, 0.2) is 48.7 Å². The number of nitrogens with zero attached hydrogens (tertiary/aromatic N) is 4. The fraction of sp³-hybridized carbons (Fsp3) is 0.350. The second kappa shape index (κ2) is 7.15. The number of hydrogen-bond donors (Lipinski definition) is 1. The van der Waals surface area contributed by atoms with Gasteiger partial charge < -0.3 is 14.8 Å². The minimum absolute atomic E-state index is 0.0195. The van der Waals surface area contributed by atoms with Gasteiger partial charge >= 0.3 is 6.03 Å². The molecule has 0 bridgehead atoms. The quantitative estimate of drug-likeness (QED) is 0.784. The summed E-state index contributed by atoms with van der Waals surface area (Å²) in [6.07, 6.45) is 3.68. The fourth-order valence-corrected chi connectivity index (χ4v) is 3.73. The number of hydrogen-bond acceptors (Lipinski definition) is 3. The van der Waals surface area contributed by atoms with Crippen LogP contribution < -0.4 is 5.32 Å². The van der Waals surface area contributed by atoms with E-state index in [9.17, 15) is 4.79 Å². The average molecular weight is 349 g/mol. The molecule has 1 saturated heterocycles. The maximum atomic E-state index is 12.8. The monoisotopic (exact) mass is 349 g/mol. The SMILES string of the molecule is CCn1c([C@H]2CCCN2C(=O)NCc2ccccn2)nc2ccccc21. The Hall–Kier alpha value is -2.89. The van der Waals surface area contributed by atoms with Crippen LogP contribution in [0.5, 0.6) is 0 Å². The molecule has 6 nitrogen and oxygen atoms in total. The Labute approximate surface area is 152 Å². The molecule has 134 valence electrons. The van der Waals surface area contributed by atoms with Gasteiger partial charge in [-0.2, -0.15) is 0 Å². The lowest BCUT2D eigenvalue weighted by Gasteiger charge is -2.25. The van der Waals surface area contributed by atoms with Crippen LogP contribution in [0.2, 0.25) is 0 Å². The van der Waals surface area contributed by atoms with Crippen LogP contribution in [0.1, 0.15) is 37.3 Å². The van der Waals surface area contributed by atoms with Gasteiger partial charge in [0.15, 0.2) is 0 Å². The number of para-hydroxylation sites is 2. The van der Waals surface area contributed by atoms with Crippen molar-refractivity contribution in [3.63, 3.8) is 0 Å². The van der Waals surface area contributed by atoms with Crippen LogP contribution in [0, 0.1) is 0 Å². The number of nitrogens with one attached hydrogen (secondary N) is 1. The zero-order valence-corrected chi connectivity index (χ0v) is 14.9. The van der Waals surface area contributed by atoms with Crippen molar-refractivity contribution in [1.82, 2.24) is 24.8 Å². The minimum atomic E-state index is -0.0483. The third-order valence-electron chi connectivity index (χ3n) is 4.96. The van der Waals surface area contributed by atoms with E-state index in [1.165, 1.54) is 0 Å². The maximum Gasteiger partial charge on any atom is 0.318 e. The van der Waals surface area contributed by atoms with Gasteiger partial charge in [0.1, 0.15) is 5.82 Å². The number of likely N-dealkylation sites (tertiary alicyclic amines) is 1. The molecule has 1 atom stereocenters. The van der Waals surface area contributed by atoms with Gasteiger partial charge in [-0.25, -0.2) is 9.78 Å². The highest BCUT2D eigenvalue weighted by Gasteiger charge is 2.33. The van der Waals surface area contributed by atoms with Gasteiger partial charge in [-0.3, -0.25) is 4.98 Å². The first-order valence-corrected chi connectivity index (χ1v) is 9.17. The summed E-state index contributed by atoms with van der Waals surface area (Å²) < 4.78 is 2.23. The molecule has 0 saturated carbocycles. The summed E-state index contributed by atoms with van der Waals surface area (Å²) in [5.74, 6) is 0.985. The first-order chi connectivity index (χ1) is 12.8. The summed E-state index contributed by atoms with van der Waals surface area (Å²) in [6, 6.07) is 13.9. The Morgan fingerprint density at radius 3 is 2.88 bits per heavy atom. The molecule has 0 unspecified atom stereocenters. The number of pyridine rings is 1. The van der Waals surface area contributed by atoms with E-state index < -0.39 is 0 Å². The summed E-state index contributed by atoms with van der Waals surface area (Å²) in [7, 11) is 0. The standard InChI is InChI=1S/C20H23N5O/c1-2-24-17-10-4-3-9-16(17)23-19(24)18-11-7-13-25(18)20(26)22-14-15-8-5-6-12-21-15/h3-6,8-10,12,18H,2,7,11,13-14H2,1H3,(H,22,26)/t18-/m1/s1. The Morgan fingerprint density at radius 1 is 1.23 bits per heavy atom. The van der Waals surface area contributed by atoms with Crippen LogP contribution in [-0.2, 0) is 13.1 Å². The Bertz CT molecular complexity index is 905. The molecule has 2 aromatic heterocycles. The first kappa shape index (κ1) is 16.6. The molecule has 1 fully saturated rings. The van der Waals surface area contributed by atoms with Crippen molar-refractivity contribution in [2.75, 3.05) is 6.54 Å². The normalized spacial score (nSPS) is 17.0. The molecular weight excluding hydrogens is 326 g/mol.